The molecule has 0 atom stereocenters. The van der Waals surface area contributed by atoms with Gasteiger partial charge in [0.25, 0.3) is 5.82 Å². The van der Waals surface area contributed by atoms with Crippen LogP contribution in [0.15, 0.2) is 18.2 Å². The molecule has 0 fully saturated rings. The first-order valence-corrected chi connectivity index (χ1v) is 8.48. The molecule has 4 rings (SSSR count). The number of nitrogens with zero attached hydrogens (tertiary/aromatic N) is 7. The fourth-order valence-corrected chi connectivity index (χ4v) is 3.40. The van der Waals surface area contributed by atoms with Crippen molar-refractivity contribution < 1.29 is 13.2 Å². The summed E-state index contributed by atoms with van der Waals surface area (Å²) in [7, 11) is 0. The third-order valence-corrected chi connectivity index (χ3v) is 4.71. The van der Waals surface area contributed by atoms with Crippen molar-refractivity contribution in [1.29, 1.82) is 10.5 Å². The standard InChI is InChI=1S/C21H6F3N7/c1-9-4-11-17(30-19(9)21(22,23)24)12-5-10(7-25)15(8-26)29-16(12)13-6-14(27-2)20(28-3)31-18(11)13/h4-6H,1H3. The SMILES string of the molecule is [C-]#[N+]c1cc2c3nc(C#N)c(C#N)cc3c3nc(C(F)(F)F)c(C)cc3c2nc1[N+]#[C-]. The predicted octanol–water partition coefficient (Wildman–Crippen LogP) is 5.50. The van der Waals surface area contributed by atoms with E-state index in [1.807, 2.05) is 6.07 Å². The van der Waals surface area contributed by atoms with E-state index in [4.69, 9.17) is 13.1 Å². The molecule has 0 saturated heterocycles. The van der Waals surface area contributed by atoms with Gasteiger partial charge in [-0.2, -0.15) is 23.7 Å². The minimum absolute atomic E-state index is 0.0654. The van der Waals surface area contributed by atoms with Crippen molar-refractivity contribution >= 4 is 44.2 Å². The van der Waals surface area contributed by atoms with Gasteiger partial charge in [-0.15, -0.1) is 4.98 Å². The lowest BCUT2D eigenvalue weighted by molar-refractivity contribution is -0.141. The van der Waals surface area contributed by atoms with Crippen molar-refractivity contribution in [3.05, 3.63) is 63.5 Å². The summed E-state index contributed by atoms with van der Waals surface area (Å²) in [5, 5.41) is 19.3. The Balaban J connectivity index is 2.38. The lowest BCUT2D eigenvalue weighted by Crippen LogP contribution is -2.11. The van der Waals surface area contributed by atoms with Gasteiger partial charge in [-0.1, -0.05) is 12.6 Å². The van der Waals surface area contributed by atoms with Crippen LogP contribution in [0.5, 0.6) is 0 Å². The molecular weight excluding hydrogens is 407 g/mol. The average Bonchev–Trinajstić information content (AvgIpc) is 2.76. The lowest BCUT2D eigenvalue weighted by atomic mass is 9.99. The Bertz CT molecular complexity index is 1630. The molecular formula is C21H6F3N7. The van der Waals surface area contributed by atoms with Crippen molar-refractivity contribution in [3.8, 4) is 12.1 Å². The zero-order chi connectivity index (χ0) is 22.5. The van der Waals surface area contributed by atoms with Crippen LogP contribution in [0.25, 0.3) is 42.4 Å². The minimum Gasteiger partial charge on any atom is -0.371 e. The van der Waals surface area contributed by atoms with Crippen molar-refractivity contribution in [2.24, 2.45) is 0 Å². The Morgan fingerprint density at radius 2 is 1.48 bits per heavy atom. The second-order valence-corrected chi connectivity index (χ2v) is 6.50. The summed E-state index contributed by atoms with van der Waals surface area (Å²) in [5.74, 6) is -0.213. The first-order valence-electron chi connectivity index (χ1n) is 8.48. The van der Waals surface area contributed by atoms with Crippen LogP contribution < -0.4 is 0 Å². The maximum Gasteiger partial charge on any atom is 0.433 e. The number of aryl methyl sites for hydroxylation is 1. The number of benzene rings is 1. The normalized spacial score (nSPS) is 11.1. The van der Waals surface area contributed by atoms with E-state index in [1.54, 1.807) is 6.07 Å². The lowest BCUT2D eigenvalue weighted by Gasteiger charge is -2.13. The van der Waals surface area contributed by atoms with E-state index < -0.39 is 11.9 Å². The number of aromatic nitrogens is 3. The van der Waals surface area contributed by atoms with E-state index >= 15 is 0 Å². The average molecular weight is 413 g/mol. The Labute approximate surface area is 172 Å². The van der Waals surface area contributed by atoms with Crippen LogP contribution in [0.4, 0.5) is 24.7 Å². The van der Waals surface area contributed by atoms with Crippen LogP contribution in [0.2, 0.25) is 0 Å². The second kappa shape index (κ2) is 6.62. The maximum absolute atomic E-state index is 13.5. The van der Waals surface area contributed by atoms with E-state index in [0.717, 1.165) is 0 Å². The Morgan fingerprint density at radius 3 is 2.06 bits per heavy atom. The van der Waals surface area contributed by atoms with E-state index in [9.17, 15) is 23.7 Å². The smallest absolute Gasteiger partial charge is 0.371 e. The summed E-state index contributed by atoms with van der Waals surface area (Å²) in [6, 6.07) is 7.47. The third kappa shape index (κ3) is 2.83. The van der Waals surface area contributed by atoms with Gasteiger partial charge in [0, 0.05) is 10.8 Å². The van der Waals surface area contributed by atoms with Crippen LogP contribution in [0.1, 0.15) is 22.5 Å². The van der Waals surface area contributed by atoms with Crippen LogP contribution >= 0.6 is 0 Å². The molecule has 3 heterocycles. The van der Waals surface area contributed by atoms with Gasteiger partial charge in [0.05, 0.1) is 28.6 Å². The summed E-state index contributed by atoms with van der Waals surface area (Å²) in [6.45, 7) is 15.8. The number of pyridine rings is 3. The molecule has 0 aliphatic heterocycles. The summed E-state index contributed by atoms with van der Waals surface area (Å²) >= 11 is 0. The van der Waals surface area contributed by atoms with Gasteiger partial charge in [0.1, 0.15) is 17.8 Å². The summed E-state index contributed by atoms with van der Waals surface area (Å²) < 4.78 is 40.5. The molecule has 0 spiro atoms. The van der Waals surface area contributed by atoms with Gasteiger partial charge in [0.15, 0.2) is 11.2 Å². The molecule has 0 N–H and O–H groups in total. The number of hydrogen-bond donors (Lipinski definition) is 0. The van der Waals surface area contributed by atoms with Crippen molar-refractivity contribution in [2.45, 2.75) is 13.1 Å². The largest absolute Gasteiger partial charge is 0.433 e. The van der Waals surface area contributed by atoms with Crippen LogP contribution in [-0.2, 0) is 6.18 Å². The van der Waals surface area contributed by atoms with Crippen molar-refractivity contribution in [1.82, 2.24) is 15.0 Å². The highest BCUT2D eigenvalue weighted by atomic mass is 19.4. The van der Waals surface area contributed by atoms with Crippen LogP contribution in [0.3, 0.4) is 0 Å². The number of fused-ring (bicyclic) bond motifs is 6. The second-order valence-electron chi connectivity index (χ2n) is 6.50. The highest BCUT2D eigenvalue weighted by Crippen LogP contribution is 2.40. The van der Waals surface area contributed by atoms with Gasteiger partial charge in [-0.05, 0) is 24.6 Å². The molecule has 0 aliphatic rings. The summed E-state index contributed by atoms with van der Waals surface area (Å²) in [4.78, 5) is 18.7. The van der Waals surface area contributed by atoms with E-state index in [0.29, 0.717) is 0 Å². The molecule has 0 aliphatic carbocycles. The van der Waals surface area contributed by atoms with Gasteiger partial charge >= 0.3 is 6.18 Å². The van der Waals surface area contributed by atoms with E-state index in [2.05, 4.69) is 24.6 Å². The first kappa shape index (κ1) is 19.5. The van der Waals surface area contributed by atoms with Crippen LogP contribution in [-0.4, -0.2) is 15.0 Å². The first-order chi connectivity index (χ1) is 14.7. The summed E-state index contributed by atoms with van der Waals surface area (Å²) in [5.41, 5.74) is -1.59. The molecule has 0 radical (unpaired) electrons. The molecule has 31 heavy (non-hydrogen) atoms. The molecule has 0 bridgehead atoms. The monoisotopic (exact) mass is 413 g/mol. The highest BCUT2D eigenvalue weighted by molar-refractivity contribution is 6.23. The molecule has 0 saturated carbocycles. The van der Waals surface area contributed by atoms with Crippen LogP contribution in [0, 0.1) is 42.7 Å². The minimum atomic E-state index is -4.72. The molecule has 0 amide bonds. The number of alkyl halides is 3. The van der Waals surface area contributed by atoms with Gasteiger partial charge in [-0.3, -0.25) is 0 Å². The highest BCUT2D eigenvalue weighted by Gasteiger charge is 2.35. The molecule has 146 valence electrons. The van der Waals surface area contributed by atoms with Gasteiger partial charge in [0.2, 0.25) is 5.69 Å². The Hall–Kier alpha value is -4.80. The summed E-state index contributed by atoms with van der Waals surface area (Å²) in [6.07, 6.45) is -4.72. The third-order valence-electron chi connectivity index (χ3n) is 4.71. The maximum atomic E-state index is 13.5. The quantitative estimate of drug-likeness (QED) is 0.280. The van der Waals surface area contributed by atoms with Crippen molar-refractivity contribution in [2.75, 3.05) is 0 Å². The van der Waals surface area contributed by atoms with E-state index in [1.165, 1.54) is 25.1 Å². The Morgan fingerprint density at radius 1 is 0.871 bits per heavy atom. The molecule has 3 aromatic heterocycles. The van der Waals surface area contributed by atoms with Crippen molar-refractivity contribution in [3.63, 3.8) is 0 Å². The number of nitriles is 2. The zero-order valence-corrected chi connectivity index (χ0v) is 15.5. The van der Waals surface area contributed by atoms with Gasteiger partial charge < -0.3 is 4.85 Å². The number of halogens is 3. The molecule has 4 aromatic rings. The fourth-order valence-electron chi connectivity index (χ4n) is 3.40. The zero-order valence-electron chi connectivity index (χ0n) is 15.5. The molecule has 7 nitrogen and oxygen atoms in total. The number of rotatable bonds is 0. The topological polar surface area (TPSA) is 95.0 Å². The Kier molecular flexibility index (Phi) is 4.17. The van der Waals surface area contributed by atoms with E-state index in [-0.39, 0.29) is 61.0 Å². The van der Waals surface area contributed by atoms with Gasteiger partial charge in [-0.25, -0.2) is 14.8 Å². The molecule has 0 unspecified atom stereocenters. The fraction of sp³-hybridized carbons (Fsp3) is 0.0952. The molecule has 10 heteroatoms. The number of hydrogen-bond acceptors (Lipinski definition) is 5. The molecule has 1 aromatic carbocycles. The predicted molar refractivity (Wildman–Crippen MR) is 104 cm³/mol.